The zero-order valence-corrected chi connectivity index (χ0v) is 24.7. The van der Waals surface area contributed by atoms with Crippen molar-refractivity contribution in [2.24, 2.45) is 0 Å². The summed E-state index contributed by atoms with van der Waals surface area (Å²) >= 11 is 13.4. The zero-order chi connectivity index (χ0) is 30.7. The molecule has 2 heterocycles. The van der Waals surface area contributed by atoms with Crippen molar-refractivity contribution in [2.45, 2.75) is 19.5 Å². The van der Waals surface area contributed by atoms with Crippen molar-refractivity contribution >= 4 is 58.2 Å². The third-order valence-electron chi connectivity index (χ3n) is 6.82. The topological polar surface area (TPSA) is 96.9 Å². The number of anilines is 4. The molecule has 43 heavy (non-hydrogen) atoms. The number of ether oxygens (including phenoxy) is 2. The molecule has 0 bridgehead atoms. The van der Waals surface area contributed by atoms with Crippen LogP contribution in [0.1, 0.15) is 16.7 Å². The first-order chi connectivity index (χ1) is 20.7. The monoisotopic (exact) mass is 621 g/mol. The van der Waals surface area contributed by atoms with Crippen LogP contribution >= 0.6 is 23.2 Å². The first-order valence-electron chi connectivity index (χ1n) is 13.0. The fourth-order valence-electron chi connectivity index (χ4n) is 4.65. The van der Waals surface area contributed by atoms with E-state index in [1.54, 1.807) is 24.4 Å². The molecule has 0 unspecified atom stereocenters. The highest BCUT2D eigenvalue weighted by atomic mass is 35.5. The number of amides is 2. The standard InChI is InChI=1S/C31H26Cl2FN5O4/c1-4-22(40)13-19-7-5-6-8-23(19)36-30-35-15-20-17-38(28-26(32)24(42-2)14-25(43-3)27(28)33)31(41)39(29(20)37-30)16-18-9-11-21(34)12-10-18/h4-12,14-15H,1,13,16-17H2,2-3H3,(H,35,36,37). The maximum Gasteiger partial charge on any atom is 0.330 e. The highest BCUT2D eigenvalue weighted by Gasteiger charge is 2.36. The number of rotatable bonds is 10. The molecule has 1 N–H and O–H groups in total. The summed E-state index contributed by atoms with van der Waals surface area (Å²) in [5.41, 5.74) is 2.81. The molecule has 9 nitrogen and oxygen atoms in total. The number of hydrogen-bond donors (Lipinski definition) is 1. The minimum atomic E-state index is -0.488. The van der Waals surface area contributed by atoms with Gasteiger partial charge in [-0.2, -0.15) is 4.98 Å². The molecule has 220 valence electrons. The Hall–Kier alpha value is -4.67. The van der Waals surface area contributed by atoms with Gasteiger partial charge < -0.3 is 14.8 Å². The number of nitrogens with one attached hydrogen (secondary N) is 1. The van der Waals surface area contributed by atoms with Gasteiger partial charge in [-0.05, 0) is 35.4 Å². The van der Waals surface area contributed by atoms with E-state index < -0.39 is 11.8 Å². The number of carbonyl (C=O) groups is 2. The van der Waals surface area contributed by atoms with Crippen LogP contribution in [0.15, 0.2) is 73.4 Å². The Morgan fingerprint density at radius 1 is 1.09 bits per heavy atom. The van der Waals surface area contributed by atoms with E-state index in [9.17, 15) is 14.0 Å². The second kappa shape index (κ2) is 12.7. The van der Waals surface area contributed by atoms with Crippen LogP contribution in [0.3, 0.4) is 0 Å². The van der Waals surface area contributed by atoms with Crippen molar-refractivity contribution in [3.05, 3.63) is 106 Å². The number of allylic oxidation sites excluding steroid dienone is 1. The summed E-state index contributed by atoms with van der Waals surface area (Å²) in [5, 5.41) is 3.41. The van der Waals surface area contributed by atoms with Gasteiger partial charge in [0.15, 0.2) is 5.78 Å². The van der Waals surface area contributed by atoms with Gasteiger partial charge in [0.05, 0.1) is 33.0 Å². The van der Waals surface area contributed by atoms with Gasteiger partial charge in [-0.1, -0.05) is 60.1 Å². The van der Waals surface area contributed by atoms with Gasteiger partial charge in [-0.25, -0.2) is 14.2 Å². The molecule has 0 aliphatic carbocycles. The number of carbonyl (C=O) groups excluding carboxylic acids is 2. The summed E-state index contributed by atoms with van der Waals surface area (Å²) in [6.07, 6.45) is 3.01. The van der Waals surface area contributed by atoms with Crippen molar-refractivity contribution in [1.29, 1.82) is 0 Å². The van der Waals surface area contributed by atoms with E-state index in [-0.39, 0.29) is 58.5 Å². The Morgan fingerprint density at radius 3 is 2.42 bits per heavy atom. The summed E-state index contributed by atoms with van der Waals surface area (Å²) in [5.74, 6) is 0.548. The predicted octanol–water partition coefficient (Wildman–Crippen LogP) is 7.13. The Morgan fingerprint density at radius 2 is 1.77 bits per heavy atom. The Kier molecular flexibility index (Phi) is 8.79. The highest BCUT2D eigenvalue weighted by Crippen LogP contribution is 2.48. The van der Waals surface area contributed by atoms with E-state index in [1.165, 1.54) is 48.3 Å². The SMILES string of the molecule is C=CC(=O)Cc1ccccc1Nc1ncc2c(n1)N(Cc1ccc(F)cc1)C(=O)N(c1c(Cl)c(OC)cc(OC)c1Cl)C2. The number of urea groups is 1. The Labute approximate surface area is 257 Å². The number of benzene rings is 3. The van der Waals surface area contributed by atoms with E-state index in [0.717, 1.165) is 5.56 Å². The predicted molar refractivity (Wildman–Crippen MR) is 164 cm³/mol. The summed E-state index contributed by atoms with van der Waals surface area (Å²) < 4.78 is 24.5. The smallest absolute Gasteiger partial charge is 0.330 e. The summed E-state index contributed by atoms with van der Waals surface area (Å²) in [4.78, 5) is 38.3. The van der Waals surface area contributed by atoms with Crippen LogP contribution in [0.4, 0.5) is 32.3 Å². The number of halogens is 3. The molecule has 4 aromatic rings. The van der Waals surface area contributed by atoms with Crippen molar-refractivity contribution in [3.63, 3.8) is 0 Å². The lowest BCUT2D eigenvalue weighted by molar-refractivity contribution is -0.114. The molecular formula is C31H26Cl2FN5O4. The van der Waals surface area contributed by atoms with Gasteiger partial charge in [-0.3, -0.25) is 14.6 Å². The second-order valence-electron chi connectivity index (χ2n) is 9.51. The molecule has 5 rings (SSSR count). The van der Waals surface area contributed by atoms with Crippen LogP contribution in [0.5, 0.6) is 11.5 Å². The fraction of sp³-hybridized carbons (Fsp3) is 0.161. The van der Waals surface area contributed by atoms with Gasteiger partial charge in [0, 0.05) is 29.9 Å². The second-order valence-corrected chi connectivity index (χ2v) is 10.3. The Bertz CT molecular complexity index is 1690. The maximum atomic E-state index is 14.2. The first kappa shape index (κ1) is 29.8. The summed E-state index contributed by atoms with van der Waals surface area (Å²) in [6.45, 7) is 3.64. The minimum absolute atomic E-state index is 0.0363. The average molecular weight is 622 g/mol. The van der Waals surface area contributed by atoms with Gasteiger partial charge in [0.1, 0.15) is 33.2 Å². The molecule has 1 aromatic heterocycles. The number of fused-ring (bicyclic) bond motifs is 1. The quantitative estimate of drug-likeness (QED) is 0.188. The van der Waals surface area contributed by atoms with E-state index in [4.69, 9.17) is 37.7 Å². The van der Waals surface area contributed by atoms with E-state index in [2.05, 4.69) is 16.9 Å². The van der Waals surface area contributed by atoms with Crippen LogP contribution in [0.2, 0.25) is 10.0 Å². The number of nitrogens with zero attached hydrogens (tertiary/aromatic N) is 4. The van der Waals surface area contributed by atoms with Crippen molar-refractivity contribution in [3.8, 4) is 11.5 Å². The van der Waals surface area contributed by atoms with Gasteiger partial charge in [-0.15, -0.1) is 0 Å². The first-order valence-corrected chi connectivity index (χ1v) is 13.8. The van der Waals surface area contributed by atoms with Gasteiger partial charge >= 0.3 is 6.03 Å². The van der Waals surface area contributed by atoms with Crippen LogP contribution in [-0.4, -0.2) is 36.0 Å². The molecule has 1 aliphatic rings. The molecule has 0 fully saturated rings. The largest absolute Gasteiger partial charge is 0.495 e. The molecule has 12 heteroatoms. The fourth-order valence-corrected chi connectivity index (χ4v) is 5.36. The number of para-hydroxylation sites is 1. The molecule has 1 aliphatic heterocycles. The number of methoxy groups -OCH3 is 2. The number of hydrogen-bond acceptors (Lipinski definition) is 7. The van der Waals surface area contributed by atoms with Crippen LogP contribution in [0, 0.1) is 5.82 Å². The van der Waals surface area contributed by atoms with Crippen molar-refractivity contribution < 1.29 is 23.5 Å². The Balaban J connectivity index is 1.58. The molecular weight excluding hydrogens is 596 g/mol. The molecule has 3 aromatic carbocycles. The van der Waals surface area contributed by atoms with Crippen molar-refractivity contribution in [1.82, 2.24) is 9.97 Å². The molecule has 0 saturated carbocycles. The van der Waals surface area contributed by atoms with Crippen LogP contribution < -0.4 is 24.6 Å². The third-order valence-corrected chi connectivity index (χ3v) is 7.55. The average Bonchev–Trinajstić information content (AvgIpc) is 3.01. The molecule has 0 radical (unpaired) electrons. The third kappa shape index (κ3) is 6.11. The lowest BCUT2D eigenvalue weighted by atomic mass is 10.1. The van der Waals surface area contributed by atoms with Gasteiger partial charge in [0.25, 0.3) is 0 Å². The maximum absolute atomic E-state index is 14.2. The lowest BCUT2D eigenvalue weighted by Crippen LogP contribution is -2.47. The van der Waals surface area contributed by atoms with Crippen LogP contribution in [0.25, 0.3) is 0 Å². The normalized spacial score (nSPS) is 12.5. The molecule has 0 spiro atoms. The number of aromatic nitrogens is 2. The van der Waals surface area contributed by atoms with E-state index in [1.807, 2.05) is 18.2 Å². The van der Waals surface area contributed by atoms with E-state index in [0.29, 0.717) is 22.6 Å². The summed E-state index contributed by atoms with van der Waals surface area (Å²) in [6, 6.07) is 14.1. The highest BCUT2D eigenvalue weighted by molar-refractivity contribution is 6.42. The molecule has 2 amide bonds. The summed E-state index contributed by atoms with van der Waals surface area (Å²) in [7, 11) is 2.89. The van der Waals surface area contributed by atoms with Crippen molar-refractivity contribution in [2.75, 3.05) is 29.3 Å². The zero-order valence-electron chi connectivity index (χ0n) is 23.2. The lowest BCUT2D eigenvalue weighted by Gasteiger charge is -2.37. The number of ketones is 1. The van der Waals surface area contributed by atoms with Gasteiger partial charge in [0.2, 0.25) is 5.95 Å². The molecule has 0 saturated heterocycles. The molecule has 0 atom stereocenters. The minimum Gasteiger partial charge on any atom is -0.495 e. The van der Waals surface area contributed by atoms with Crippen LogP contribution in [-0.2, 0) is 24.3 Å². The van der Waals surface area contributed by atoms with E-state index >= 15 is 0 Å².